The van der Waals surface area contributed by atoms with E-state index in [0.717, 1.165) is 21.5 Å². The van der Waals surface area contributed by atoms with Crippen LogP contribution in [0.2, 0.25) is 0 Å². The number of hydrogen-bond donors (Lipinski definition) is 1. The zero-order valence-corrected chi connectivity index (χ0v) is 15.8. The molecule has 0 aliphatic rings. The number of amides is 1. The molecule has 124 valence electrons. The minimum atomic E-state index is -0.630. The molecule has 1 heterocycles. The number of ether oxygens (including phenoxy) is 1. The van der Waals surface area contributed by atoms with Crippen molar-refractivity contribution < 1.29 is 9.53 Å². The van der Waals surface area contributed by atoms with E-state index in [2.05, 4.69) is 26.2 Å². The number of benzene rings is 2. The average molecular weight is 405 g/mol. The number of thiazole rings is 1. The molecule has 0 fully saturated rings. The maximum absolute atomic E-state index is 12.0. The van der Waals surface area contributed by atoms with E-state index in [9.17, 15) is 4.79 Å². The van der Waals surface area contributed by atoms with Crippen molar-refractivity contribution in [3.8, 4) is 5.75 Å². The zero-order valence-electron chi connectivity index (χ0n) is 13.4. The number of aromatic nitrogens is 1. The highest BCUT2D eigenvalue weighted by Gasteiger charge is 2.24. The van der Waals surface area contributed by atoms with Gasteiger partial charge in [0, 0.05) is 0 Å². The van der Waals surface area contributed by atoms with E-state index in [1.807, 2.05) is 48.5 Å². The van der Waals surface area contributed by atoms with Crippen LogP contribution >= 0.6 is 27.3 Å². The molecular weight excluding hydrogens is 388 g/mol. The molecule has 0 aliphatic carbocycles. The molecule has 0 aliphatic heterocycles. The van der Waals surface area contributed by atoms with Gasteiger partial charge in [-0.1, -0.05) is 57.6 Å². The maximum atomic E-state index is 12.0. The van der Waals surface area contributed by atoms with Crippen LogP contribution in [0.1, 0.15) is 19.4 Å². The summed E-state index contributed by atoms with van der Waals surface area (Å²) >= 11 is 4.78. The van der Waals surface area contributed by atoms with Crippen LogP contribution in [0.5, 0.6) is 5.75 Å². The monoisotopic (exact) mass is 404 g/mol. The van der Waals surface area contributed by atoms with Gasteiger partial charge in [0.15, 0.2) is 5.13 Å². The fourth-order valence-electron chi connectivity index (χ4n) is 2.03. The number of fused-ring (bicyclic) bond motifs is 1. The van der Waals surface area contributed by atoms with Gasteiger partial charge in [-0.3, -0.25) is 4.79 Å². The van der Waals surface area contributed by atoms with Crippen molar-refractivity contribution >= 4 is 48.5 Å². The number of carbonyl (C=O) groups is 1. The second-order valence-electron chi connectivity index (χ2n) is 5.85. The molecule has 0 radical (unpaired) electrons. The first-order chi connectivity index (χ1) is 11.4. The van der Waals surface area contributed by atoms with E-state index in [1.165, 1.54) is 11.3 Å². The molecule has 2 aromatic carbocycles. The molecule has 3 aromatic rings. The van der Waals surface area contributed by atoms with Gasteiger partial charge in [-0.2, -0.15) is 0 Å². The fraction of sp³-hybridized carbons (Fsp3) is 0.222. The Morgan fingerprint density at radius 3 is 2.71 bits per heavy atom. The number of halogens is 1. The van der Waals surface area contributed by atoms with Gasteiger partial charge in [0.25, 0.3) is 0 Å². The Hall–Kier alpha value is -1.92. The van der Waals surface area contributed by atoms with Crippen molar-refractivity contribution in [3.63, 3.8) is 0 Å². The predicted molar refractivity (Wildman–Crippen MR) is 102 cm³/mol. The average Bonchev–Trinajstić information content (AvgIpc) is 2.94. The second kappa shape index (κ2) is 6.91. The normalized spacial score (nSPS) is 11.5. The van der Waals surface area contributed by atoms with Crippen LogP contribution < -0.4 is 10.1 Å². The number of rotatable bonds is 5. The van der Waals surface area contributed by atoms with E-state index < -0.39 is 4.32 Å². The van der Waals surface area contributed by atoms with Gasteiger partial charge in [-0.05, 0) is 37.6 Å². The first kappa shape index (κ1) is 16.9. The Balaban J connectivity index is 1.73. The second-order valence-corrected chi connectivity index (χ2v) is 8.86. The molecular formula is C18H17BrN2O2S. The highest BCUT2D eigenvalue weighted by molar-refractivity contribution is 9.10. The summed E-state index contributed by atoms with van der Waals surface area (Å²) in [7, 11) is 0. The molecule has 0 spiro atoms. The van der Waals surface area contributed by atoms with Crippen molar-refractivity contribution in [2.24, 2.45) is 0 Å². The van der Waals surface area contributed by atoms with Crippen LogP contribution in [0.25, 0.3) is 10.2 Å². The molecule has 0 unspecified atom stereocenters. The van der Waals surface area contributed by atoms with Crippen molar-refractivity contribution in [1.82, 2.24) is 4.98 Å². The highest BCUT2D eigenvalue weighted by Crippen LogP contribution is 2.30. The molecule has 1 amide bonds. The zero-order chi connectivity index (χ0) is 17.2. The molecule has 24 heavy (non-hydrogen) atoms. The maximum Gasteiger partial charge on any atom is 0.242 e. The number of carbonyl (C=O) groups excluding carboxylic acids is 1. The molecule has 3 rings (SSSR count). The lowest BCUT2D eigenvalue weighted by Gasteiger charge is -2.13. The molecule has 1 N–H and O–H groups in total. The van der Waals surface area contributed by atoms with Crippen molar-refractivity contribution in [3.05, 3.63) is 54.1 Å². The summed E-state index contributed by atoms with van der Waals surface area (Å²) in [5, 5.41) is 3.42. The van der Waals surface area contributed by atoms with Crippen molar-refractivity contribution in [1.29, 1.82) is 0 Å². The van der Waals surface area contributed by atoms with Gasteiger partial charge >= 0.3 is 0 Å². The Labute approximate surface area is 153 Å². The summed E-state index contributed by atoms with van der Waals surface area (Å²) in [6, 6.07) is 15.8. The smallest absolute Gasteiger partial charge is 0.242 e. The van der Waals surface area contributed by atoms with E-state index in [1.54, 1.807) is 13.8 Å². The standard InChI is InChI=1S/C18H17BrN2O2S/c1-18(2,19)16(22)21-17-20-14-9-8-13(10-15(14)24-17)23-11-12-6-4-3-5-7-12/h3-10H,11H2,1-2H3,(H,20,21,22). The van der Waals surface area contributed by atoms with E-state index in [-0.39, 0.29) is 5.91 Å². The van der Waals surface area contributed by atoms with Gasteiger partial charge in [0.05, 0.1) is 14.5 Å². The Kier molecular flexibility index (Phi) is 4.87. The Bertz CT molecular complexity index is 856. The van der Waals surface area contributed by atoms with Gasteiger partial charge in [0.2, 0.25) is 5.91 Å². The number of alkyl halides is 1. The Morgan fingerprint density at radius 2 is 2.00 bits per heavy atom. The lowest BCUT2D eigenvalue weighted by atomic mass is 10.2. The predicted octanol–water partition coefficient (Wildman–Crippen LogP) is 4.99. The van der Waals surface area contributed by atoms with Gasteiger partial charge in [-0.15, -0.1) is 0 Å². The summed E-state index contributed by atoms with van der Waals surface area (Å²) < 4.78 is 6.17. The molecule has 1 aromatic heterocycles. The molecule has 0 saturated heterocycles. The van der Waals surface area contributed by atoms with Crippen molar-refractivity contribution in [2.75, 3.05) is 5.32 Å². The van der Waals surface area contributed by atoms with E-state index in [0.29, 0.717) is 11.7 Å². The summed E-state index contributed by atoms with van der Waals surface area (Å²) in [4.78, 5) is 16.5. The molecule has 0 atom stereocenters. The van der Waals surface area contributed by atoms with Gasteiger partial charge < -0.3 is 10.1 Å². The summed E-state index contributed by atoms with van der Waals surface area (Å²) in [6.07, 6.45) is 0. The lowest BCUT2D eigenvalue weighted by Crippen LogP contribution is -2.30. The van der Waals surface area contributed by atoms with Crippen LogP contribution in [-0.2, 0) is 11.4 Å². The lowest BCUT2D eigenvalue weighted by molar-refractivity contribution is -0.117. The number of nitrogens with zero attached hydrogens (tertiary/aromatic N) is 1. The topological polar surface area (TPSA) is 51.2 Å². The van der Waals surface area contributed by atoms with Crippen LogP contribution in [0.15, 0.2) is 48.5 Å². The fourth-order valence-corrected chi connectivity index (χ4v) is 3.02. The molecule has 0 bridgehead atoms. The van der Waals surface area contributed by atoms with Crippen LogP contribution in [0.4, 0.5) is 5.13 Å². The van der Waals surface area contributed by atoms with E-state index >= 15 is 0 Å². The van der Waals surface area contributed by atoms with Crippen LogP contribution in [0.3, 0.4) is 0 Å². The number of nitrogens with one attached hydrogen (secondary N) is 1. The molecule has 6 heteroatoms. The molecule has 0 saturated carbocycles. The van der Waals surface area contributed by atoms with Gasteiger partial charge in [0.1, 0.15) is 12.4 Å². The third kappa shape index (κ3) is 4.13. The number of hydrogen-bond acceptors (Lipinski definition) is 4. The van der Waals surface area contributed by atoms with E-state index in [4.69, 9.17) is 4.74 Å². The highest BCUT2D eigenvalue weighted by atomic mass is 79.9. The summed E-state index contributed by atoms with van der Waals surface area (Å²) in [6.45, 7) is 4.11. The van der Waals surface area contributed by atoms with Crippen LogP contribution in [0, 0.1) is 0 Å². The SMILES string of the molecule is CC(C)(Br)C(=O)Nc1nc2ccc(OCc3ccccc3)cc2s1. The molecule has 4 nitrogen and oxygen atoms in total. The third-order valence-electron chi connectivity index (χ3n) is 3.37. The Morgan fingerprint density at radius 1 is 1.25 bits per heavy atom. The largest absolute Gasteiger partial charge is 0.489 e. The minimum absolute atomic E-state index is 0.123. The minimum Gasteiger partial charge on any atom is -0.489 e. The number of anilines is 1. The summed E-state index contributed by atoms with van der Waals surface area (Å²) in [5.41, 5.74) is 1.96. The third-order valence-corrected chi connectivity index (χ3v) is 4.66. The van der Waals surface area contributed by atoms with Crippen LogP contribution in [-0.4, -0.2) is 15.2 Å². The first-order valence-corrected chi connectivity index (χ1v) is 9.10. The van der Waals surface area contributed by atoms with Gasteiger partial charge in [-0.25, -0.2) is 4.98 Å². The van der Waals surface area contributed by atoms with Crippen molar-refractivity contribution in [2.45, 2.75) is 24.8 Å². The summed E-state index contributed by atoms with van der Waals surface area (Å²) in [5.74, 6) is 0.663. The first-order valence-electron chi connectivity index (χ1n) is 7.49. The quantitative estimate of drug-likeness (QED) is 0.609.